The molecule has 0 radical (unpaired) electrons. The first-order valence-corrected chi connectivity index (χ1v) is 8.10. The molecule has 1 N–H and O–H groups in total. The summed E-state index contributed by atoms with van der Waals surface area (Å²) in [5.74, 6) is 1.04. The first-order chi connectivity index (χ1) is 10.4. The molecule has 0 amide bonds. The van der Waals surface area contributed by atoms with Gasteiger partial charge in [-0.1, -0.05) is 0 Å². The molecule has 1 fully saturated rings. The SMILES string of the molecule is c1nnc2c3c(c(NCCN4CCCC4)nn12)CCCC3. The van der Waals surface area contributed by atoms with Crippen LogP contribution in [0.15, 0.2) is 6.33 Å². The third kappa shape index (κ3) is 2.48. The van der Waals surface area contributed by atoms with Crippen molar-refractivity contribution in [2.24, 2.45) is 0 Å². The summed E-state index contributed by atoms with van der Waals surface area (Å²) < 4.78 is 1.82. The molecule has 112 valence electrons. The highest BCUT2D eigenvalue weighted by Crippen LogP contribution is 2.28. The first kappa shape index (κ1) is 13.0. The molecular weight excluding hydrogens is 264 g/mol. The summed E-state index contributed by atoms with van der Waals surface area (Å²) in [6.07, 6.45) is 9.10. The van der Waals surface area contributed by atoms with Gasteiger partial charge in [0.25, 0.3) is 0 Å². The fraction of sp³-hybridized carbons (Fsp3) is 0.667. The Hall–Kier alpha value is -1.69. The summed E-state index contributed by atoms with van der Waals surface area (Å²) in [6, 6.07) is 0. The zero-order valence-corrected chi connectivity index (χ0v) is 12.4. The minimum atomic E-state index is 0.940. The Labute approximate surface area is 124 Å². The van der Waals surface area contributed by atoms with Gasteiger partial charge in [0.1, 0.15) is 6.33 Å². The van der Waals surface area contributed by atoms with Crippen molar-refractivity contribution in [1.82, 2.24) is 24.7 Å². The summed E-state index contributed by atoms with van der Waals surface area (Å²) in [4.78, 5) is 2.52. The number of nitrogens with zero attached hydrogens (tertiary/aromatic N) is 5. The van der Waals surface area contributed by atoms with Gasteiger partial charge in [0.05, 0.1) is 0 Å². The van der Waals surface area contributed by atoms with Gasteiger partial charge in [0.2, 0.25) is 0 Å². The van der Waals surface area contributed by atoms with E-state index in [1.165, 1.54) is 49.9 Å². The molecule has 6 nitrogen and oxygen atoms in total. The van der Waals surface area contributed by atoms with E-state index in [2.05, 4.69) is 25.5 Å². The van der Waals surface area contributed by atoms with E-state index in [4.69, 9.17) is 0 Å². The molecule has 2 aliphatic rings. The monoisotopic (exact) mass is 286 g/mol. The van der Waals surface area contributed by atoms with Crippen LogP contribution < -0.4 is 5.32 Å². The van der Waals surface area contributed by atoms with E-state index in [0.717, 1.165) is 37.4 Å². The van der Waals surface area contributed by atoms with Crippen LogP contribution in [-0.4, -0.2) is 50.9 Å². The van der Waals surface area contributed by atoms with Crippen LogP contribution in [0.5, 0.6) is 0 Å². The lowest BCUT2D eigenvalue weighted by Crippen LogP contribution is -2.27. The van der Waals surface area contributed by atoms with Gasteiger partial charge in [-0.25, -0.2) is 0 Å². The van der Waals surface area contributed by atoms with Gasteiger partial charge in [-0.15, -0.1) is 15.3 Å². The third-order valence-corrected chi connectivity index (χ3v) is 4.68. The molecule has 21 heavy (non-hydrogen) atoms. The van der Waals surface area contributed by atoms with Crippen LogP contribution in [-0.2, 0) is 12.8 Å². The maximum atomic E-state index is 4.67. The maximum Gasteiger partial charge on any atom is 0.181 e. The van der Waals surface area contributed by atoms with E-state index < -0.39 is 0 Å². The number of likely N-dealkylation sites (tertiary alicyclic amines) is 1. The van der Waals surface area contributed by atoms with E-state index >= 15 is 0 Å². The quantitative estimate of drug-likeness (QED) is 0.923. The Morgan fingerprint density at radius 2 is 1.86 bits per heavy atom. The molecule has 0 unspecified atom stereocenters. The van der Waals surface area contributed by atoms with Crippen LogP contribution in [0.1, 0.15) is 36.8 Å². The van der Waals surface area contributed by atoms with Gasteiger partial charge in [-0.2, -0.15) is 4.52 Å². The number of hydrogen-bond donors (Lipinski definition) is 1. The second kappa shape index (κ2) is 5.60. The van der Waals surface area contributed by atoms with Crippen molar-refractivity contribution in [2.75, 3.05) is 31.5 Å². The standard InChI is InChI=1S/C15H22N6/c1-2-6-13-12(5-1)14(19-21-11-17-18-15(13)21)16-7-10-20-8-3-4-9-20/h11H,1-10H2,(H,16,19). The van der Waals surface area contributed by atoms with Gasteiger partial charge >= 0.3 is 0 Å². The second-order valence-electron chi connectivity index (χ2n) is 6.09. The van der Waals surface area contributed by atoms with Crippen LogP contribution in [0.4, 0.5) is 5.82 Å². The summed E-state index contributed by atoms with van der Waals surface area (Å²) in [5, 5.41) is 16.5. The summed E-state index contributed by atoms with van der Waals surface area (Å²) in [7, 11) is 0. The minimum absolute atomic E-state index is 0.940. The largest absolute Gasteiger partial charge is 0.367 e. The van der Waals surface area contributed by atoms with E-state index in [9.17, 15) is 0 Å². The predicted octanol–water partition coefficient (Wildman–Crippen LogP) is 1.51. The predicted molar refractivity (Wildman–Crippen MR) is 81.6 cm³/mol. The average molecular weight is 286 g/mol. The number of fused-ring (bicyclic) bond motifs is 3. The summed E-state index contributed by atoms with van der Waals surface area (Å²) in [6.45, 7) is 4.57. The number of aromatic nitrogens is 4. The van der Waals surface area contributed by atoms with Gasteiger partial charge in [-0.05, 0) is 51.6 Å². The van der Waals surface area contributed by atoms with Crippen LogP contribution in [0.2, 0.25) is 0 Å². The second-order valence-corrected chi connectivity index (χ2v) is 6.09. The third-order valence-electron chi connectivity index (χ3n) is 4.68. The van der Waals surface area contributed by atoms with E-state index in [-0.39, 0.29) is 0 Å². The number of hydrogen-bond acceptors (Lipinski definition) is 5. The molecular formula is C15H22N6. The Morgan fingerprint density at radius 1 is 1.05 bits per heavy atom. The van der Waals surface area contributed by atoms with Crippen molar-refractivity contribution < 1.29 is 0 Å². The summed E-state index contributed by atoms with van der Waals surface area (Å²) >= 11 is 0. The zero-order valence-electron chi connectivity index (χ0n) is 12.4. The first-order valence-electron chi connectivity index (χ1n) is 8.10. The molecule has 0 spiro atoms. The van der Waals surface area contributed by atoms with E-state index in [1.54, 1.807) is 6.33 Å². The Morgan fingerprint density at radius 3 is 2.71 bits per heavy atom. The average Bonchev–Trinajstić information content (AvgIpc) is 3.18. The van der Waals surface area contributed by atoms with Crippen molar-refractivity contribution in [3.63, 3.8) is 0 Å². The highest BCUT2D eigenvalue weighted by Gasteiger charge is 2.20. The molecule has 4 rings (SSSR count). The molecule has 1 saturated heterocycles. The highest BCUT2D eigenvalue weighted by molar-refractivity contribution is 5.59. The molecule has 2 aromatic heterocycles. The number of nitrogens with one attached hydrogen (secondary N) is 1. The molecule has 0 saturated carbocycles. The van der Waals surface area contributed by atoms with Crippen LogP contribution in [0.25, 0.3) is 5.65 Å². The molecule has 6 heteroatoms. The van der Waals surface area contributed by atoms with Crippen molar-refractivity contribution >= 4 is 11.5 Å². The van der Waals surface area contributed by atoms with Gasteiger partial charge < -0.3 is 10.2 Å². The van der Waals surface area contributed by atoms with Crippen molar-refractivity contribution in [2.45, 2.75) is 38.5 Å². The van der Waals surface area contributed by atoms with Gasteiger partial charge in [0, 0.05) is 24.2 Å². The van der Waals surface area contributed by atoms with Crippen LogP contribution in [0, 0.1) is 0 Å². The van der Waals surface area contributed by atoms with E-state index in [1.807, 2.05) is 4.52 Å². The number of aryl methyl sites for hydroxylation is 1. The molecule has 3 heterocycles. The van der Waals surface area contributed by atoms with Crippen molar-refractivity contribution in [3.05, 3.63) is 17.5 Å². The molecule has 0 atom stereocenters. The highest BCUT2D eigenvalue weighted by atomic mass is 15.4. The lowest BCUT2D eigenvalue weighted by molar-refractivity contribution is 0.352. The smallest absolute Gasteiger partial charge is 0.181 e. The van der Waals surface area contributed by atoms with Crippen LogP contribution >= 0.6 is 0 Å². The molecule has 0 bridgehead atoms. The number of rotatable bonds is 4. The zero-order chi connectivity index (χ0) is 14.1. The van der Waals surface area contributed by atoms with Crippen molar-refractivity contribution in [3.8, 4) is 0 Å². The van der Waals surface area contributed by atoms with Crippen LogP contribution in [0.3, 0.4) is 0 Å². The van der Waals surface area contributed by atoms with Gasteiger partial charge in [-0.3, -0.25) is 0 Å². The molecule has 0 aromatic carbocycles. The maximum absolute atomic E-state index is 4.67. The Bertz CT molecular complexity index is 628. The molecule has 1 aliphatic carbocycles. The summed E-state index contributed by atoms with van der Waals surface area (Å²) in [5.41, 5.74) is 3.65. The minimum Gasteiger partial charge on any atom is -0.367 e. The normalized spacial score (nSPS) is 19.0. The fourth-order valence-electron chi connectivity index (χ4n) is 3.56. The van der Waals surface area contributed by atoms with Crippen molar-refractivity contribution in [1.29, 1.82) is 0 Å². The fourth-order valence-corrected chi connectivity index (χ4v) is 3.56. The van der Waals surface area contributed by atoms with E-state index in [0.29, 0.717) is 0 Å². The lowest BCUT2D eigenvalue weighted by atomic mass is 9.93. The molecule has 1 aliphatic heterocycles. The van der Waals surface area contributed by atoms with Gasteiger partial charge in [0.15, 0.2) is 11.5 Å². The lowest BCUT2D eigenvalue weighted by Gasteiger charge is -2.21. The topological polar surface area (TPSA) is 58.4 Å². The number of anilines is 1. The Kier molecular flexibility index (Phi) is 3.47. The Balaban J connectivity index is 1.55. The molecule has 2 aromatic rings.